The topological polar surface area (TPSA) is 26.0 Å². The number of halogens is 1. The summed E-state index contributed by atoms with van der Waals surface area (Å²) in [5.41, 5.74) is 3.31. The Morgan fingerprint density at radius 3 is 2.73 bits per heavy atom. The second-order valence-electron chi connectivity index (χ2n) is 3.53. The number of nitrogens with zero attached hydrogens (tertiary/aromatic N) is 1. The lowest BCUT2D eigenvalue weighted by molar-refractivity contribution is 0.540. The smallest absolute Gasteiger partial charge is 0.226 e. The van der Waals surface area contributed by atoms with E-state index in [2.05, 4.69) is 46.6 Å². The number of hydrogen-bond acceptors (Lipinski definition) is 2. The van der Waals surface area contributed by atoms with Crippen molar-refractivity contribution in [3.8, 4) is 11.5 Å². The third kappa shape index (κ3) is 2.22. The minimum absolute atomic E-state index is 0.725. The first-order chi connectivity index (χ1) is 7.20. The van der Waals surface area contributed by atoms with Crippen molar-refractivity contribution in [1.29, 1.82) is 0 Å². The van der Waals surface area contributed by atoms with Gasteiger partial charge in [0.25, 0.3) is 0 Å². The van der Waals surface area contributed by atoms with Crippen molar-refractivity contribution in [1.82, 2.24) is 4.98 Å². The lowest BCUT2D eigenvalue weighted by atomic mass is 10.1. The summed E-state index contributed by atoms with van der Waals surface area (Å²) < 4.78 is 6.52. The van der Waals surface area contributed by atoms with Gasteiger partial charge in [0.2, 0.25) is 5.89 Å². The van der Waals surface area contributed by atoms with E-state index in [-0.39, 0.29) is 0 Å². The third-order valence-corrected chi connectivity index (χ3v) is 3.01. The van der Waals surface area contributed by atoms with Crippen molar-refractivity contribution in [2.75, 3.05) is 0 Å². The van der Waals surface area contributed by atoms with Crippen molar-refractivity contribution in [2.24, 2.45) is 0 Å². The standard InChI is InChI=1S/C12H12INO/c1-8-4-3-5-10(6-8)12-14-11(7-13)9(2)15-12/h3-6H,7H2,1-2H3. The maximum atomic E-state index is 5.63. The molecule has 0 aliphatic rings. The molecule has 1 heterocycles. The zero-order chi connectivity index (χ0) is 10.8. The quantitative estimate of drug-likeness (QED) is 0.621. The first-order valence-electron chi connectivity index (χ1n) is 4.80. The van der Waals surface area contributed by atoms with Crippen LogP contribution < -0.4 is 0 Å². The fourth-order valence-corrected chi connectivity index (χ4v) is 2.16. The van der Waals surface area contributed by atoms with Crippen LogP contribution in [0, 0.1) is 13.8 Å². The number of benzene rings is 1. The fourth-order valence-electron chi connectivity index (χ4n) is 1.45. The number of oxazole rings is 1. The maximum Gasteiger partial charge on any atom is 0.226 e. The van der Waals surface area contributed by atoms with E-state index in [9.17, 15) is 0 Å². The Bertz CT molecular complexity index is 476. The highest BCUT2D eigenvalue weighted by molar-refractivity contribution is 14.1. The molecular formula is C12H12INO. The summed E-state index contributed by atoms with van der Waals surface area (Å²) in [5, 5.41) is 0. The minimum atomic E-state index is 0.725. The van der Waals surface area contributed by atoms with E-state index in [1.165, 1.54) is 5.56 Å². The lowest BCUT2D eigenvalue weighted by Gasteiger charge is -1.96. The van der Waals surface area contributed by atoms with Crippen LogP contribution in [0.1, 0.15) is 17.0 Å². The van der Waals surface area contributed by atoms with Crippen molar-refractivity contribution < 1.29 is 4.42 Å². The SMILES string of the molecule is Cc1cccc(-c2nc(CI)c(C)o2)c1. The molecule has 0 fully saturated rings. The summed E-state index contributed by atoms with van der Waals surface area (Å²) in [7, 11) is 0. The number of aryl methyl sites for hydroxylation is 2. The fraction of sp³-hybridized carbons (Fsp3) is 0.250. The van der Waals surface area contributed by atoms with Gasteiger partial charge in [0, 0.05) is 9.99 Å². The van der Waals surface area contributed by atoms with Gasteiger partial charge in [0.1, 0.15) is 5.76 Å². The van der Waals surface area contributed by atoms with Crippen LogP contribution in [0.4, 0.5) is 0 Å². The zero-order valence-corrected chi connectivity index (χ0v) is 10.9. The van der Waals surface area contributed by atoms with E-state index in [4.69, 9.17) is 4.42 Å². The molecule has 2 rings (SSSR count). The summed E-state index contributed by atoms with van der Waals surface area (Å²) in [4.78, 5) is 4.47. The van der Waals surface area contributed by atoms with Crippen LogP contribution in [-0.2, 0) is 4.43 Å². The molecule has 78 valence electrons. The second kappa shape index (κ2) is 4.35. The molecule has 0 unspecified atom stereocenters. The molecule has 0 aliphatic carbocycles. The molecule has 0 radical (unpaired) electrons. The Balaban J connectivity index is 2.45. The average molecular weight is 313 g/mol. The first kappa shape index (κ1) is 10.7. The number of alkyl halides is 1. The number of hydrogen-bond donors (Lipinski definition) is 0. The molecule has 1 aromatic heterocycles. The van der Waals surface area contributed by atoms with Crippen molar-refractivity contribution in [2.45, 2.75) is 18.3 Å². The molecule has 15 heavy (non-hydrogen) atoms. The first-order valence-corrected chi connectivity index (χ1v) is 6.32. The van der Waals surface area contributed by atoms with Gasteiger partial charge >= 0.3 is 0 Å². The monoisotopic (exact) mass is 313 g/mol. The van der Waals surface area contributed by atoms with E-state index in [1.807, 2.05) is 19.1 Å². The van der Waals surface area contributed by atoms with Crippen molar-refractivity contribution >= 4 is 22.6 Å². The summed E-state index contributed by atoms with van der Waals surface area (Å²) in [6.45, 7) is 4.03. The van der Waals surface area contributed by atoms with Crippen molar-refractivity contribution in [3.05, 3.63) is 41.3 Å². The summed E-state index contributed by atoms with van der Waals surface area (Å²) in [6, 6.07) is 8.20. The van der Waals surface area contributed by atoms with Crippen molar-refractivity contribution in [3.63, 3.8) is 0 Å². The van der Waals surface area contributed by atoms with Gasteiger partial charge in [-0.15, -0.1) is 0 Å². The molecule has 0 atom stereocenters. The van der Waals surface area contributed by atoms with Crippen LogP contribution in [0.5, 0.6) is 0 Å². The summed E-state index contributed by atoms with van der Waals surface area (Å²) in [5.74, 6) is 1.64. The second-order valence-corrected chi connectivity index (χ2v) is 4.29. The van der Waals surface area contributed by atoms with Crippen LogP contribution in [0.25, 0.3) is 11.5 Å². The van der Waals surface area contributed by atoms with E-state index in [0.29, 0.717) is 0 Å². The molecular weight excluding hydrogens is 301 g/mol. The van der Waals surface area contributed by atoms with E-state index in [0.717, 1.165) is 27.3 Å². The van der Waals surface area contributed by atoms with Crippen LogP contribution in [0.15, 0.2) is 28.7 Å². The van der Waals surface area contributed by atoms with Crippen LogP contribution in [0.2, 0.25) is 0 Å². The minimum Gasteiger partial charge on any atom is -0.441 e. The predicted molar refractivity (Wildman–Crippen MR) is 69.1 cm³/mol. The molecule has 3 heteroatoms. The van der Waals surface area contributed by atoms with Gasteiger partial charge in [0.05, 0.1) is 5.69 Å². The number of rotatable bonds is 2. The largest absolute Gasteiger partial charge is 0.441 e. The highest BCUT2D eigenvalue weighted by Gasteiger charge is 2.09. The predicted octanol–water partition coefficient (Wildman–Crippen LogP) is 3.89. The third-order valence-electron chi connectivity index (χ3n) is 2.28. The van der Waals surface area contributed by atoms with Crippen LogP contribution >= 0.6 is 22.6 Å². The Kier molecular flexibility index (Phi) is 3.09. The molecule has 0 bridgehead atoms. The number of aromatic nitrogens is 1. The zero-order valence-electron chi connectivity index (χ0n) is 8.75. The van der Waals surface area contributed by atoms with E-state index >= 15 is 0 Å². The Hall–Kier alpha value is -0.840. The van der Waals surface area contributed by atoms with Gasteiger partial charge in [0.15, 0.2) is 0 Å². The van der Waals surface area contributed by atoms with Crippen LogP contribution in [-0.4, -0.2) is 4.98 Å². The highest BCUT2D eigenvalue weighted by Crippen LogP contribution is 2.23. The molecule has 0 spiro atoms. The van der Waals surface area contributed by atoms with Gasteiger partial charge in [-0.3, -0.25) is 0 Å². The molecule has 2 aromatic rings. The lowest BCUT2D eigenvalue weighted by Crippen LogP contribution is -1.81. The summed E-state index contributed by atoms with van der Waals surface area (Å²) in [6.07, 6.45) is 0. The Morgan fingerprint density at radius 1 is 1.33 bits per heavy atom. The van der Waals surface area contributed by atoms with Gasteiger partial charge < -0.3 is 4.42 Å². The molecule has 0 aliphatic heterocycles. The average Bonchev–Trinajstić information content (AvgIpc) is 2.60. The Labute approximate surface area is 103 Å². The van der Waals surface area contributed by atoms with Gasteiger partial charge in [-0.1, -0.05) is 40.3 Å². The molecule has 1 aromatic carbocycles. The van der Waals surface area contributed by atoms with Gasteiger partial charge in [-0.2, -0.15) is 0 Å². The molecule has 0 saturated heterocycles. The Morgan fingerprint density at radius 2 is 2.13 bits per heavy atom. The molecule has 2 nitrogen and oxygen atoms in total. The summed E-state index contributed by atoms with van der Waals surface area (Å²) >= 11 is 2.30. The maximum absolute atomic E-state index is 5.63. The molecule has 0 N–H and O–H groups in total. The highest BCUT2D eigenvalue weighted by atomic mass is 127. The van der Waals surface area contributed by atoms with E-state index in [1.54, 1.807) is 0 Å². The van der Waals surface area contributed by atoms with Crippen LogP contribution in [0.3, 0.4) is 0 Å². The van der Waals surface area contributed by atoms with Gasteiger partial charge in [-0.25, -0.2) is 4.98 Å². The molecule has 0 saturated carbocycles. The van der Waals surface area contributed by atoms with E-state index < -0.39 is 0 Å². The molecule has 0 amide bonds. The van der Waals surface area contributed by atoms with Gasteiger partial charge in [-0.05, 0) is 26.0 Å². The normalized spacial score (nSPS) is 10.6.